The minimum absolute atomic E-state index is 0. The molecule has 0 bridgehead atoms. The maximum absolute atomic E-state index is 0. The second-order valence-electron chi connectivity index (χ2n) is 0. The Balaban J connectivity index is 0. The Morgan fingerprint density at radius 1 is 0.429 bits per heavy atom. The van der Waals surface area contributed by atoms with Crippen LogP contribution in [0, 0.1) is 0 Å². The van der Waals surface area contributed by atoms with Crippen molar-refractivity contribution in [1.29, 1.82) is 0 Å². The summed E-state index contributed by atoms with van der Waals surface area (Å²) in [5.74, 6) is 0. The third kappa shape index (κ3) is 108. The van der Waals surface area contributed by atoms with Crippen LogP contribution >= 0.6 is 0 Å². The van der Waals surface area contributed by atoms with Crippen LogP contribution in [0.25, 0.3) is 0 Å². The van der Waals surface area contributed by atoms with Gasteiger partial charge in [0, 0.05) is 51.8 Å². The van der Waals surface area contributed by atoms with Crippen molar-refractivity contribution in [3.05, 3.63) is 0 Å². The molecule has 0 aromatic heterocycles. The number of hydrogen-bond donors (Lipinski definition) is 0. The predicted molar refractivity (Wildman–Crippen MR) is 14.5 cm³/mol. The Bertz CT molecular complexity index is 9.65. The van der Waals surface area contributed by atoms with E-state index >= 15 is 0 Å². The summed E-state index contributed by atoms with van der Waals surface area (Å²) in [4.78, 5) is 0. The molecule has 1 radical (unpaired) electrons. The molecular weight excluding hydrogens is 232 g/mol. The van der Waals surface area contributed by atoms with Crippen molar-refractivity contribution < 1.29 is 73.7 Å². The summed E-state index contributed by atoms with van der Waals surface area (Å²) < 4.78 is 0. The van der Waals surface area contributed by atoms with E-state index in [1.165, 1.54) is 0 Å². The van der Waals surface area contributed by atoms with Crippen molar-refractivity contribution in [2.45, 2.75) is 0 Å². The van der Waals surface area contributed by atoms with Gasteiger partial charge in [-0.2, -0.15) is 0 Å². The largest absolute Gasteiger partial charge is 0.412 e. The van der Waals surface area contributed by atoms with E-state index < -0.39 is 0 Å². The van der Waals surface area contributed by atoms with Gasteiger partial charge in [-0.1, -0.05) is 0 Å². The summed E-state index contributed by atoms with van der Waals surface area (Å²) in [6.07, 6.45) is 0. The molecule has 55 valence electrons. The van der Waals surface area contributed by atoms with Crippen molar-refractivity contribution in [3.8, 4) is 0 Å². The van der Waals surface area contributed by atoms with Gasteiger partial charge >= 0.3 is 0 Å². The molecule has 0 unspecified atom stereocenters. The summed E-state index contributed by atoms with van der Waals surface area (Å²) in [6.45, 7) is 0. The normalized spacial score (nSPS) is 0. The van der Waals surface area contributed by atoms with Crippen molar-refractivity contribution in [2.75, 3.05) is 0 Å². The summed E-state index contributed by atoms with van der Waals surface area (Å²) in [5, 5.41) is 0. The maximum atomic E-state index is 0. The second kappa shape index (κ2) is 151. The first-order valence-corrected chi connectivity index (χ1v) is 0. The topological polar surface area (TPSA) is 126 Å². The summed E-state index contributed by atoms with van der Waals surface area (Å²) in [5.41, 5.74) is 0. The van der Waals surface area contributed by atoms with Crippen molar-refractivity contribution in [1.82, 2.24) is 0 Å². The van der Waals surface area contributed by atoms with E-state index in [0.29, 0.717) is 0 Å². The Morgan fingerprint density at radius 2 is 0.429 bits per heavy atom. The molecule has 7 heteroatoms. The molecular formula is H8Cr2CuO4. The quantitative estimate of drug-likeness (QED) is 0.393. The van der Waals surface area contributed by atoms with Crippen LogP contribution in [0.3, 0.4) is 0 Å². The molecule has 0 aromatic carbocycles. The molecule has 0 saturated carbocycles. The Hall–Kier alpha value is 1.42. The number of hydrogen-bond acceptors (Lipinski definition) is 0. The smallest absolute Gasteiger partial charge is 0 e. The second-order valence-corrected chi connectivity index (χ2v) is 0. The molecule has 0 saturated heterocycles. The van der Waals surface area contributed by atoms with Gasteiger partial charge in [0.2, 0.25) is 0 Å². The molecule has 0 fully saturated rings. The van der Waals surface area contributed by atoms with Gasteiger partial charge in [-0.25, -0.2) is 0 Å². The van der Waals surface area contributed by atoms with Gasteiger partial charge in [-0.15, -0.1) is 0 Å². The van der Waals surface area contributed by atoms with E-state index in [1.54, 1.807) is 0 Å². The van der Waals surface area contributed by atoms with Crippen molar-refractivity contribution in [2.24, 2.45) is 0 Å². The minimum atomic E-state index is 0. The van der Waals surface area contributed by atoms with Gasteiger partial charge in [0.25, 0.3) is 0 Å². The Labute approximate surface area is 73.6 Å². The Kier molecular flexibility index (Phi) is 4940. The first-order valence-electron chi connectivity index (χ1n) is 0. The molecule has 0 heterocycles. The SMILES string of the molecule is O.O.O.O.[Cr].[Cr].[Cu]. The average Bonchev–Trinajstić information content (AvgIpc) is 0. The van der Waals surface area contributed by atoms with E-state index in [1.807, 2.05) is 0 Å². The monoisotopic (exact) mass is 239 g/mol. The standard InChI is InChI=1S/2Cr.Cu.4H2O/h;;;4*1H2. The van der Waals surface area contributed by atoms with Gasteiger partial charge in [0.05, 0.1) is 0 Å². The van der Waals surface area contributed by atoms with Gasteiger partial charge < -0.3 is 21.9 Å². The van der Waals surface area contributed by atoms with Gasteiger partial charge in [0.15, 0.2) is 0 Å². The molecule has 0 aromatic rings. The van der Waals surface area contributed by atoms with Gasteiger partial charge in [-0.3, -0.25) is 0 Å². The van der Waals surface area contributed by atoms with Crippen LogP contribution in [-0.4, -0.2) is 21.9 Å². The van der Waals surface area contributed by atoms with E-state index in [2.05, 4.69) is 0 Å². The minimum Gasteiger partial charge on any atom is -0.412 e. The molecule has 0 aliphatic rings. The van der Waals surface area contributed by atoms with Crippen LogP contribution in [0.15, 0.2) is 0 Å². The fourth-order valence-corrected chi connectivity index (χ4v) is 0. The van der Waals surface area contributed by atoms with Crippen molar-refractivity contribution in [3.63, 3.8) is 0 Å². The molecule has 0 amide bonds. The summed E-state index contributed by atoms with van der Waals surface area (Å²) in [6, 6.07) is 0. The average molecular weight is 240 g/mol. The predicted octanol–water partition coefficient (Wildman–Crippen LogP) is -3.31. The van der Waals surface area contributed by atoms with Crippen LogP contribution in [-0.2, 0) is 51.8 Å². The zero-order valence-electron chi connectivity index (χ0n) is 3.12. The molecule has 0 rings (SSSR count). The molecule has 0 aliphatic carbocycles. The summed E-state index contributed by atoms with van der Waals surface area (Å²) >= 11 is 0. The number of rotatable bonds is 0. The van der Waals surface area contributed by atoms with Gasteiger partial charge in [-0.05, 0) is 0 Å². The fourth-order valence-electron chi connectivity index (χ4n) is 0. The molecule has 0 atom stereocenters. The van der Waals surface area contributed by atoms with Crippen LogP contribution in [0.5, 0.6) is 0 Å². The van der Waals surface area contributed by atoms with E-state index in [9.17, 15) is 0 Å². The van der Waals surface area contributed by atoms with Crippen LogP contribution in [0.1, 0.15) is 0 Å². The van der Waals surface area contributed by atoms with Gasteiger partial charge in [0.1, 0.15) is 0 Å². The zero-order valence-corrected chi connectivity index (χ0v) is 6.61. The van der Waals surface area contributed by atoms with Crippen LogP contribution < -0.4 is 0 Å². The molecule has 0 spiro atoms. The molecule has 4 nitrogen and oxygen atoms in total. The molecule has 0 aliphatic heterocycles. The first-order chi connectivity index (χ1) is 0. The third-order valence-corrected chi connectivity index (χ3v) is 0. The summed E-state index contributed by atoms with van der Waals surface area (Å²) in [7, 11) is 0. The van der Waals surface area contributed by atoms with Crippen LogP contribution in [0.2, 0.25) is 0 Å². The van der Waals surface area contributed by atoms with E-state index in [0.717, 1.165) is 0 Å². The zero-order chi connectivity index (χ0) is 0. The van der Waals surface area contributed by atoms with E-state index in [4.69, 9.17) is 0 Å². The molecule has 8 N–H and O–H groups in total. The van der Waals surface area contributed by atoms with Crippen LogP contribution in [0.4, 0.5) is 0 Å². The fraction of sp³-hybridized carbons (Fsp3) is 0. The van der Waals surface area contributed by atoms with Crippen molar-refractivity contribution >= 4 is 0 Å². The van der Waals surface area contributed by atoms with E-state index in [-0.39, 0.29) is 73.7 Å². The first kappa shape index (κ1) is 229. The molecule has 7 heavy (non-hydrogen) atoms. The maximum Gasteiger partial charge on any atom is 0 e. The third-order valence-electron chi connectivity index (χ3n) is 0. The Morgan fingerprint density at radius 3 is 0.429 bits per heavy atom.